The van der Waals surface area contributed by atoms with Gasteiger partial charge in [0.05, 0.1) is 13.0 Å². The van der Waals surface area contributed by atoms with Gasteiger partial charge in [0.25, 0.3) is 0 Å². The number of hydrogen-bond acceptors (Lipinski definition) is 4. The molecule has 21 heavy (non-hydrogen) atoms. The Morgan fingerprint density at radius 3 is 2.81 bits per heavy atom. The number of hydrogen-bond donors (Lipinski definition) is 0. The van der Waals surface area contributed by atoms with E-state index in [1.54, 1.807) is 10.8 Å². The minimum Gasteiger partial charge on any atom is -0.467 e. The third kappa shape index (κ3) is 3.37. The molecule has 0 saturated heterocycles. The number of pyridine rings is 1. The van der Waals surface area contributed by atoms with Crippen LogP contribution in [0.25, 0.3) is 11.2 Å². The number of methoxy groups -OCH3 is 1. The normalized spacial score (nSPS) is 12.9. The van der Waals surface area contributed by atoms with Crippen molar-refractivity contribution in [1.29, 1.82) is 0 Å². The van der Waals surface area contributed by atoms with Crippen LogP contribution in [0.2, 0.25) is 0 Å². The lowest BCUT2D eigenvalue weighted by Gasteiger charge is -2.20. The van der Waals surface area contributed by atoms with Gasteiger partial charge >= 0.3 is 5.97 Å². The maximum atomic E-state index is 12.2. The topological polar surface area (TPSA) is 57.0 Å². The number of nitrogens with zero attached hydrogens (tertiary/aromatic N) is 3. The van der Waals surface area contributed by atoms with Crippen molar-refractivity contribution in [1.82, 2.24) is 14.5 Å². The fourth-order valence-electron chi connectivity index (χ4n) is 2.32. The van der Waals surface area contributed by atoms with E-state index in [1.807, 2.05) is 6.07 Å². The second-order valence-corrected chi connectivity index (χ2v) is 6.38. The second-order valence-electron chi connectivity index (χ2n) is 5.20. The van der Waals surface area contributed by atoms with Gasteiger partial charge in [0.1, 0.15) is 17.4 Å². The van der Waals surface area contributed by atoms with E-state index in [1.165, 1.54) is 7.11 Å². The fourth-order valence-corrected chi connectivity index (χ4v) is 2.82. The number of rotatable bonds is 5. The molecule has 0 bridgehead atoms. The lowest BCUT2D eigenvalue weighted by Crippen LogP contribution is -2.24. The number of halogens is 2. The Balaban J connectivity index is 2.62. The average Bonchev–Trinajstić information content (AvgIpc) is 2.80. The summed E-state index contributed by atoms with van der Waals surface area (Å²) in [5.41, 5.74) is 1.35. The van der Waals surface area contributed by atoms with Crippen LogP contribution in [0.1, 0.15) is 32.1 Å². The van der Waals surface area contributed by atoms with E-state index in [0.717, 1.165) is 4.47 Å². The summed E-state index contributed by atoms with van der Waals surface area (Å²) >= 11 is 9.37. The van der Waals surface area contributed by atoms with Gasteiger partial charge in [-0.15, -0.1) is 11.6 Å². The van der Waals surface area contributed by atoms with Crippen LogP contribution in [0.15, 0.2) is 16.7 Å². The third-order valence-corrected chi connectivity index (χ3v) is 3.84. The molecule has 0 saturated carbocycles. The Morgan fingerprint density at radius 1 is 1.52 bits per heavy atom. The Morgan fingerprint density at radius 2 is 2.24 bits per heavy atom. The number of alkyl halides is 1. The van der Waals surface area contributed by atoms with Crippen LogP contribution in [-0.2, 0) is 15.4 Å². The molecule has 2 heterocycles. The van der Waals surface area contributed by atoms with Crippen LogP contribution in [-0.4, -0.2) is 27.6 Å². The largest absolute Gasteiger partial charge is 0.467 e. The highest BCUT2D eigenvalue weighted by molar-refractivity contribution is 9.10. The maximum absolute atomic E-state index is 12.2. The van der Waals surface area contributed by atoms with Crippen molar-refractivity contribution in [3.63, 3.8) is 0 Å². The molecule has 0 fully saturated rings. The molecule has 2 aromatic rings. The second kappa shape index (κ2) is 6.75. The molecule has 0 aromatic carbocycles. The molecule has 0 N–H and O–H groups in total. The number of ether oxygens (including phenoxy) is 1. The van der Waals surface area contributed by atoms with Crippen LogP contribution < -0.4 is 0 Å². The van der Waals surface area contributed by atoms with E-state index in [-0.39, 0.29) is 11.8 Å². The minimum atomic E-state index is -0.470. The third-order valence-electron chi connectivity index (χ3n) is 3.17. The Kier molecular flexibility index (Phi) is 5.22. The Labute approximate surface area is 136 Å². The van der Waals surface area contributed by atoms with Crippen LogP contribution >= 0.6 is 27.5 Å². The summed E-state index contributed by atoms with van der Waals surface area (Å²) < 4.78 is 7.57. The molecular weight excluding hydrogens is 358 g/mol. The highest BCUT2D eigenvalue weighted by atomic mass is 79.9. The van der Waals surface area contributed by atoms with E-state index in [9.17, 15) is 4.79 Å². The number of imidazole rings is 1. The number of carbonyl (C=O) groups excluding carboxylic acids is 1. The lowest BCUT2D eigenvalue weighted by molar-refractivity contribution is -0.145. The number of carbonyl (C=O) groups is 1. The van der Waals surface area contributed by atoms with Crippen LogP contribution in [0.4, 0.5) is 0 Å². The summed E-state index contributed by atoms with van der Waals surface area (Å²) in [6, 6.07) is 1.39. The van der Waals surface area contributed by atoms with Crippen molar-refractivity contribution in [2.75, 3.05) is 7.11 Å². The van der Waals surface area contributed by atoms with E-state index in [2.05, 4.69) is 39.7 Å². The smallest absolute Gasteiger partial charge is 0.328 e. The van der Waals surface area contributed by atoms with Crippen molar-refractivity contribution in [3.8, 4) is 0 Å². The van der Waals surface area contributed by atoms with Crippen molar-refractivity contribution in [2.24, 2.45) is 5.92 Å². The Bertz CT molecular complexity index is 657. The first-order chi connectivity index (χ1) is 9.97. The van der Waals surface area contributed by atoms with Crippen molar-refractivity contribution in [3.05, 3.63) is 22.6 Å². The summed E-state index contributed by atoms with van der Waals surface area (Å²) in [5, 5.41) is 0. The van der Waals surface area contributed by atoms with Crippen molar-refractivity contribution in [2.45, 2.75) is 32.2 Å². The Hall–Kier alpha value is -1.14. The van der Waals surface area contributed by atoms with E-state index in [4.69, 9.17) is 16.3 Å². The summed E-state index contributed by atoms with van der Waals surface area (Å²) in [6.45, 7) is 4.11. The number of esters is 1. The molecule has 114 valence electrons. The van der Waals surface area contributed by atoms with Gasteiger partial charge in [-0.1, -0.05) is 13.8 Å². The van der Waals surface area contributed by atoms with Crippen molar-refractivity contribution < 1.29 is 9.53 Å². The molecule has 2 rings (SSSR count). The summed E-state index contributed by atoms with van der Waals surface area (Å²) in [5.74, 6) is 0.845. The molecule has 0 spiro atoms. The van der Waals surface area contributed by atoms with Gasteiger partial charge in [0, 0.05) is 10.7 Å². The minimum absolute atomic E-state index is 0.208. The number of fused-ring (bicyclic) bond motifs is 1. The van der Waals surface area contributed by atoms with Crippen molar-refractivity contribution >= 4 is 44.7 Å². The monoisotopic (exact) mass is 373 g/mol. The lowest BCUT2D eigenvalue weighted by atomic mass is 10.0. The predicted octanol–water partition coefficient (Wildman–Crippen LogP) is 3.69. The van der Waals surface area contributed by atoms with Gasteiger partial charge in [-0.05, 0) is 34.3 Å². The molecule has 5 nitrogen and oxygen atoms in total. The summed E-state index contributed by atoms with van der Waals surface area (Å²) in [6.07, 6.45) is 2.32. The van der Waals surface area contributed by atoms with Crippen LogP contribution in [0.5, 0.6) is 0 Å². The van der Waals surface area contributed by atoms with E-state index >= 15 is 0 Å². The quantitative estimate of drug-likeness (QED) is 0.591. The number of aromatic nitrogens is 3. The molecule has 0 aliphatic heterocycles. The van der Waals surface area contributed by atoms with Crippen LogP contribution in [0.3, 0.4) is 0 Å². The first kappa shape index (κ1) is 16.2. The highest BCUT2D eigenvalue weighted by Crippen LogP contribution is 2.27. The SMILES string of the molecule is COC(=O)C(CC(C)C)n1c(CCl)nc2cc(Br)cnc21. The van der Waals surface area contributed by atoms with Gasteiger partial charge in [-0.3, -0.25) is 4.57 Å². The summed E-state index contributed by atoms with van der Waals surface area (Å²) in [7, 11) is 1.39. The van der Waals surface area contributed by atoms with Gasteiger partial charge in [-0.2, -0.15) is 0 Å². The standard InChI is InChI=1S/C14H17BrClN3O2/c1-8(2)4-11(14(20)21-3)19-12(6-16)18-10-5-9(15)7-17-13(10)19/h5,7-8,11H,4,6H2,1-3H3. The van der Waals surface area contributed by atoms with Gasteiger partial charge < -0.3 is 4.74 Å². The van der Waals surface area contributed by atoms with E-state index < -0.39 is 6.04 Å². The first-order valence-electron chi connectivity index (χ1n) is 6.64. The molecule has 0 aliphatic rings. The zero-order chi connectivity index (χ0) is 15.6. The molecule has 0 aliphatic carbocycles. The molecule has 0 radical (unpaired) electrons. The molecule has 2 aromatic heterocycles. The van der Waals surface area contributed by atoms with Gasteiger partial charge in [-0.25, -0.2) is 14.8 Å². The maximum Gasteiger partial charge on any atom is 0.328 e. The zero-order valence-corrected chi connectivity index (χ0v) is 14.5. The predicted molar refractivity (Wildman–Crippen MR) is 85.3 cm³/mol. The van der Waals surface area contributed by atoms with E-state index in [0.29, 0.717) is 29.3 Å². The molecule has 1 atom stereocenters. The molecule has 7 heteroatoms. The molecule has 0 amide bonds. The molecule has 1 unspecified atom stereocenters. The molecular formula is C14H17BrClN3O2. The van der Waals surface area contributed by atoms with Gasteiger partial charge in [0.2, 0.25) is 0 Å². The van der Waals surface area contributed by atoms with Crippen LogP contribution in [0, 0.1) is 5.92 Å². The summed E-state index contributed by atoms with van der Waals surface area (Å²) in [4.78, 5) is 21.0. The first-order valence-corrected chi connectivity index (χ1v) is 7.96. The zero-order valence-electron chi connectivity index (χ0n) is 12.1. The average molecular weight is 375 g/mol. The fraction of sp³-hybridized carbons (Fsp3) is 0.500. The highest BCUT2D eigenvalue weighted by Gasteiger charge is 2.27. The van der Waals surface area contributed by atoms with Gasteiger partial charge in [0.15, 0.2) is 5.65 Å².